The first-order chi connectivity index (χ1) is 10.1. The van der Waals surface area contributed by atoms with Crippen molar-refractivity contribution in [3.05, 3.63) is 58.7 Å². The third kappa shape index (κ3) is 3.93. The normalized spacial score (nSPS) is 10.4. The quantitative estimate of drug-likeness (QED) is 0.802. The third-order valence-electron chi connectivity index (χ3n) is 2.96. The van der Waals surface area contributed by atoms with Crippen molar-refractivity contribution < 1.29 is 15.0 Å². The van der Waals surface area contributed by atoms with Crippen LogP contribution in [0.4, 0.5) is 5.82 Å². The predicted octanol–water partition coefficient (Wildman–Crippen LogP) is 2.43. The predicted molar refractivity (Wildman–Crippen MR) is 80.8 cm³/mol. The smallest absolute Gasteiger partial charge is 0.339 e. The van der Waals surface area contributed by atoms with Crippen molar-refractivity contribution in [1.29, 1.82) is 0 Å². The molecule has 0 radical (unpaired) electrons. The molecule has 0 saturated carbocycles. The molecule has 0 amide bonds. The Kier molecular flexibility index (Phi) is 5.14. The molecule has 6 heteroatoms. The number of carboxylic acids is 1. The topological polar surface area (TPSA) is 73.7 Å². The van der Waals surface area contributed by atoms with Gasteiger partial charge in [-0.15, -0.1) is 0 Å². The van der Waals surface area contributed by atoms with Crippen LogP contribution in [0.5, 0.6) is 0 Å². The minimum Gasteiger partial charge on any atom is -0.478 e. The van der Waals surface area contributed by atoms with Crippen molar-refractivity contribution in [2.45, 2.75) is 6.54 Å². The van der Waals surface area contributed by atoms with E-state index in [1.54, 1.807) is 4.90 Å². The number of benzene rings is 1. The van der Waals surface area contributed by atoms with Crippen molar-refractivity contribution in [2.24, 2.45) is 0 Å². The van der Waals surface area contributed by atoms with Crippen LogP contribution in [-0.4, -0.2) is 34.3 Å². The van der Waals surface area contributed by atoms with Gasteiger partial charge in [-0.3, -0.25) is 0 Å². The summed E-state index contributed by atoms with van der Waals surface area (Å²) in [6.07, 6.45) is 0. The van der Waals surface area contributed by atoms with Crippen LogP contribution in [0.1, 0.15) is 15.9 Å². The molecule has 0 aliphatic heterocycles. The van der Waals surface area contributed by atoms with Crippen LogP contribution < -0.4 is 4.90 Å². The molecule has 110 valence electrons. The minimum atomic E-state index is -1.08. The number of nitrogens with zero attached hydrogens (tertiary/aromatic N) is 2. The van der Waals surface area contributed by atoms with Crippen molar-refractivity contribution in [3.8, 4) is 0 Å². The van der Waals surface area contributed by atoms with Crippen molar-refractivity contribution in [3.63, 3.8) is 0 Å². The molecule has 2 rings (SSSR count). The zero-order valence-corrected chi connectivity index (χ0v) is 12.0. The number of hydrogen-bond acceptors (Lipinski definition) is 4. The first kappa shape index (κ1) is 15.3. The van der Waals surface area contributed by atoms with Crippen molar-refractivity contribution >= 4 is 23.4 Å². The van der Waals surface area contributed by atoms with E-state index >= 15 is 0 Å². The molecular formula is C15H15ClN2O3. The maximum absolute atomic E-state index is 11.3. The largest absolute Gasteiger partial charge is 0.478 e. The van der Waals surface area contributed by atoms with Gasteiger partial charge in [0.2, 0.25) is 0 Å². The third-order valence-corrected chi connectivity index (χ3v) is 3.17. The fourth-order valence-electron chi connectivity index (χ4n) is 2.02. The van der Waals surface area contributed by atoms with Gasteiger partial charge >= 0.3 is 5.97 Å². The van der Waals surface area contributed by atoms with Crippen LogP contribution in [0.25, 0.3) is 0 Å². The van der Waals surface area contributed by atoms with Crippen LogP contribution in [0.3, 0.4) is 0 Å². The van der Waals surface area contributed by atoms with Crippen LogP contribution in [0.2, 0.25) is 5.15 Å². The molecule has 1 aromatic heterocycles. The Hall–Kier alpha value is -2.11. The number of aromatic nitrogens is 1. The zero-order valence-electron chi connectivity index (χ0n) is 11.2. The molecule has 0 bridgehead atoms. The van der Waals surface area contributed by atoms with Gasteiger partial charge in [-0.2, -0.15) is 0 Å². The van der Waals surface area contributed by atoms with E-state index in [2.05, 4.69) is 4.98 Å². The molecule has 2 N–H and O–H groups in total. The molecule has 21 heavy (non-hydrogen) atoms. The lowest BCUT2D eigenvalue weighted by molar-refractivity contribution is 0.0697. The Morgan fingerprint density at radius 1 is 1.19 bits per heavy atom. The van der Waals surface area contributed by atoms with Crippen LogP contribution >= 0.6 is 11.6 Å². The average Bonchev–Trinajstić information content (AvgIpc) is 2.47. The second kappa shape index (κ2) is 7.06. The van der Waals surface area contributed by atoms with E-state index in [0.29, 0.717) is 6.54 Å². The number of anilines is 1. The molecule has 0 fully saturated rings. The van der Waals surface area contributed by atoms with Gasteiger partial charge in [0.05, 0.1) is 6.61 Å². The summed E-state index contributed by atoms with van der Waals surface area (Å²) in [5, 5.41) is 18.7. The second-order valence-corrected chi connectivity index (χ2v) is 4.83. The van der Waals surface area contributed by atoms with E-state index in [-0.39, 0.29) is 29.7 Å². The van der Waals surface area contributed by atoms with Crippen LogP contribution in [0.15, 0.2) is 42.5 Å². The maximum atomic E-state index is 11.3. The minimum absolute atomic E-state index is 0.0591. The van der Waals surface area contributed by atoms with Gasteiger partial charge in [0, 0.05) is 13.1 Å². The number of aliphatic hydroxyl groups excluding tert-OH is 1. The van der Waals surface area contributed by atoms with Gasteiger partial charge in [0.1, 0.15) is 16.5 Å². The highest BCUT2D eigenvalue weighted by Crippen LogP contribution is 2.22. The van der Waals surface area contributed by atoms with Gasteiger partial charge < -0.3 is 15.1 Å². The Balaban J connectivity index is 2.37. The Labute approximate surface area is 127 Å². The summed E-state index contributed by atoms with van der Waals surface area (Å²) in [6.45, 7) is 0.595. The first-order valence-corrected chi connectivity index (χ1v) is 6.79. The fourth-order valence-corrected chi connectivity index (χ4v) is 2.16. The molecule has 0 aliphatic rings. The summed E-state index contributed by atoms with van der Waals surface area (Å²) in [4.78, 5) is 17.1. The van der Waals surface area contributed by atoms with E-state index < -0.39 is 5.97 Å². The molecule has 0 aliphatic carbocycles. The van der Waals surface area contributed by atoms with Gasteiger partial charge in [-0.25, -0.2) is 9.78 Å². The highest BCUT2D eigenvalue weighted by Gasteiger charge is 2.18. The second-order valence-electron chi connectivity index (χ2n) is 4.44. The van der Waals surface area contributed by atoms with E-state index in [0.717, 1.165) is 5.56 Å². The summed E-state index contributed by atoms with van der Waals surface area (Å²) in [5.74, 6) is -0.821. The van der Waals surface area contributed by atoms with Crippen molar-refractivity contribution in [1.82, 2.24) is 4.98 Å². The molecule has 0 atom stereocenters. The summed E-state index contributed by atoms with van der Waals surface area (Å²) in [6, 6.07) is 12.4. The highest BCUT2D eigenvalue weighted by atomic mass is 35.5. The van der Waals surface area contributed by atoms with Gasteiger partial charge in [-0.05, 0) is 17.7 Å². The zero-order chi connectivity index (χ0) is 15.2. The first-order valence-electron chi connectivity index (χ1n) is 6.41. The molecule has 0 saturated heterocycles. The van der Waals surface area contributed by atoms with E-state index in [1.807, 2.05) is 30.3 Å². The molecule has 5 nitrogen and oxygen atoms in total. The number of carboxylic acid groups (broad SMARTS) is 1. The molecule has 0 unspecified atom stereocenters. The number of aliphatic hydroxyl groups is 1. The summed E-state index contributed by atoms with van der Waals surface area (Å²) in [5.41, 5.74) is 1.05. The lowest BCUT2D eigenvalue weighted by Crippen LogP contribution is -2.28. The lowest BCUT2D eigenvalue weighted by Gasteiger charge is -2.24. The average molecular weight is 307 g/mol. The number of hydrogen-bond donors (Lipinski definition) is 2. The SMILES string of the molecule is O=C(O)c1ccc(Cl)nc1N(CCO)Cc1ccccc1. The molecule has 0 spiro atoms. The monoisotopic (exact) mass is 306 g/mol. The van der Waals surface area contributed by atoms with Crippen LogP contribution in [0, 0.1) is 0 Å². The number of carbonyl (C=O) groups is 1. The Morgan fingerprint density at radius 2 is 1.90 bits per heavy atom. The van der Waals surface area contributed by atoms with Gasteiger partial charge in [0.25, 0.3) is 0 Å². The number of aromatic carboxylic acids is 1. The highest BCUT2D eigenvalue weighted by molar-refractivity contribution is 6.29. The van der Waals surface area contributed by atoms with E-state index in [4.69, 9.17) is 11.6 Å². The lowest BCUT2D eigenvalue weighted by atomic mass is 10.2. The number of rotatable bonds is 6. The standard InChI is InChI=1S/C15H15ClN2O3/c16-13-7-6-12(15(20)21)14(17-13)18(8-9-19)10-11-4-2-1-3-5-11/h1-7,19H,8-10H2,(H,20,21). The molecule has 1 heterocycles. The van der Waals surface area contributed by atoms with Crippen molar-refractivity contribution in [2.75, 3.05) is 18.1 Å². The van der Waals surface area contributed by atoms with Crippen LogP contribution in [-0.2, 0) is 6.54 Å². The molecule has 1 aromatic carbocycles. The van der Waals surface area contributed by atoms with E-state index in [1.165, 1.54) is 12.1 Å². The van der Waals surface area contributed by atoms with Gasteiger partial charge in [0.15, 0.2) is 0 Å². The maximum Gasteiger partial charge on any atom is 0.339 e. The number of halogens is 1. The summed E-state index contributed by atoms with van der Waals surface area (Å²) in [7, 11) is 0. The van der Waals surface area contributed by atoms with Gasteiger partial charge in [-0.1, -0.05) is 41.9 Å². The Morgan fingerprint density at radius 3 is 2.52 bits per heavy atom. The summed E-state index contributed by atoms with van der Waals surface area (Å²) < 4.78 is 0. The summed E-state index contributed by atoms with van der Waals surface area (Å²) >= 11 is 5.88. The molecular weight excluding hydrogens is 292 g/mol. The fraction of sp³-hybridized carbons (Fsp3) is 0.200. The molecule has 2 aromatic rings. The number of pyridine rings is 1. The van der Waals surface area contributed by atoms with E-state index in [9.17, 15) is 15.0 Å². The Bertz CT molecular complexity index is 620.